The van der Waals surface area contributed by atoms with E-state index in [-0.39, 0.29) is 93.7 Å². The Balaban J connectivity index is 4.44. The first kappa shape index (κ1) is 74.5. The average Bonchev–Trinajstić information content (AvgIpc) is 3.37. The Morgan fingerprint density at radius 3 is 1.54 bits per heavy atom. The van der Waals surface area contributed by atoms with Crippen molar-refractivity contribution >= 4 is 17.6 Å². The molecule has 0 aromatic carbocycles. The lowest BCUT2D eigenvalue weighted by atomic mass is 9.88. The number of aliphatic hydroxyl groups excluding tert-OH is 12. The highest BCUT2D eigenvalue weighted by Gasteiger charge is 2.25. The van der Waals surface area contributed by atoms with Gasteiger partial charge in [-0.15, -0.1) is 0 Å². The number of unbranched alkanes of at least 4 members (excludes halogenated alkanes) is 3. The topological polar surface area (TPSA) is 327 Å². The summed E-state index contributed by atoms with van der Waals surface area (Å²) in [6.45, 7) is 9.82. The smallest absolute Gasteiger partial charge is 0.226 e. The maximum absolute atomic E-state index is 12.8. The Kier molecular flexibility index (Phi) is 44.5. The first-order chi connectivity index (χ1) is 37.6. The number of nitrogens with two attached hydrogens (primary N) is 1. The summed E-state index contributed by atoms with van der Waals surface area (Å²) >= 11 is 0. The molecular formula is C62H103N3O14. The highest BCUT2D eigenvalue weighted by molar-refractivity contribution is 5.96. The summed E-state index contributed by atoms with van der Waals surface area (Å²) in [6.07, 6.45) is 29.1. The van der Waals surface area contributed by atoms with Crippen molar-refractivity contribution in [2.75, 3.05) is 6.54 Å². The van der Waals surface area contributed by atoms with Gasteiger partial charge in [0.15, 0.2) is 5.96 Å². The van der Waals surface area contributed by atoms with E-state index in [0.717, 1.165) is 32.1 Å². The van der Waals surface area contributed by atoms with E-state index >= 15 is 0 Å². The molecule has 17 nitrogen and oxygen atoms in total. The summed E-state index contributed by atoms with van der Waals surface area (Å²) in [5, 5.41) is 127. The maximum atomic E-state index is 12.8. The predicted molar refractivity (Wildman–Crippen MR) is 315 cm³/mol. The molecule has 0 aromatic rings. The standard InChI is InChI=1S/C62H103N3O14/c1-6-8-19-27-45(3)61(79)47(5)58(76)36-22-18-16-14-12-10-11-13-15-17-21-35-57(75)46(4)59(77)44-56(74)43-53(71)33-25-32-52(70)42-55(73)41-51(69)31-24-30-49(67)39-48(66)28-23-29-50(68)40-54(72)34-26-38-64-62(63)65-60(78)37-20-9-7-2/h10-19,21-25,27-28,31,33,36,45-58,61,66-76,79H,6-9,20,26,29-30,32,34-35,37-44H2,1-5H3,(H3,63,64,65,78). The number of nitrogens with zero attached hydrogens (tertiary/aromatic N) is 1. The molecule has 17 heteroatoms. The molecule has 0 spiro atoms. The number of allylic oxidation sites excluding steroid dienone is 11. The first-order valence-corrected chi connectivity index (χ1v) is 28.6. The van der Waals surface area contributed by atoms with Gasteiger partial charge in [0.1, 0.15) is 5.78 Å². The van der Waals surface area contributed by atoms with Crippen molar-refractivity contribution in [1.29, 1.82) is 0 Å². The third kappa shape index (κ3) is 42.1. The molecule has 0 fully saturated rings. The highest BCUT2D eigenvalue weighted by Crippen LogP contribution is 2.20. The summed E-state index contributed by atoms with van der Waals surface area (Å²) in [7, 11) is 0. The molecular weight excluding hydrogens is 1010 g/mol. The van der Waals surface area contributed by atoms with Gasteiger partial charge in [-0.1, -0.05) is 175 Å². The summed E-state index contributed by atoms with van der Waals surface area (Å²) < 4.78 is 0. The number of ketones is 1. The Labute approximate surface area is 472 Å². The van der Waals surface area contributed by atoms with E-state index in [1.54, 1.807) is 49.5 Å². The zero-order chi connectivity index (χ0) is 59.4. The van der Waals surface area contributed by atoms with Crippen LogP contribution in [0.4, 0.5) is 0 Å². The Morgan fingerprint density at radius 1 is 0.506 bits per heavy atom. The number of aliphatic hydroxyl groups is 12. The van der Waals surface area contributed by atoms with Crippen molar-refractivity contribution in [3.05, 3.63) is 122 Å². The molecule has 0 saturated carbocycles. The molecule has 0 aliphatic rings. The van der Waals surface area contributed by atoms with Crippen molar-refractivity contribution in [2.45, 2.75) is 223 Å². The molecule has 0 radical (unpaired) electrons. The van der Waals surface area contributed by atoms with Crippen LogP contribution in [0.25, 0.3) is 0 Å². The number of nitrogens with one attached hydrogen (secondary N) is 1. The fourth-order valence-corrected chi connectivity index (χ4v) is 8.04. The van der Waals surface area contributed by atoms with Crippen LogP contribution in [0.1, 0.15) is 150 Å². The molecule has 0 aliphatic carbocycles. The van der Waals surface area contributed by atoms with Gasteiger partial charge in [-0.2, -0.15) is 0 Å². The largest absolute Gasteiger partial charge is 0.393 e. The molecule has 1 amide bonds. The minimum absolute atomic E-state index is 0.00657. The van der Waals surface area contributed by atoms with Crippen LogP contribution in [-0.4, -0.2) is 159 Å². The number of Topliss-reactive ketones (excluding diaryl/α,β-unsaturated/α-hetero) is 1. The number of carbonyl (C=O) groups is 2. The van der Waals surface area contributed by atoms with Crippen LogP contribution in [-0.2, 0) is 9.59 Å². The molecule has 0 rings (SSSR count). The summed E-state index contributed by atoms with van der Waals surface area (Å²) in [4.78, 5) is 28.7. The summed E-state index contributed by atoms with van der Waals surface area (Å²) in [5.74, 6) is -1.60. The van der Waals surface area contributed by atoms with Crippen molar-refractivity contribution in [2.24, 2.45) is 28.5 Å². The van der Waals surface area contributed by atoms with Gasteiger partial charge >= 0.3 is 0 Å². The lowest BCUT2D eigenvalue weighted by Crippen LogP contribution is -2.36. The molecule has 79 heavy (non-hydrogen) atoms. The van der Waals surface area contributed by atoms with Crippen LogP contribution >= 0.6 is 0 Å². The van der Waals surface area contributed by atoms with Crippen LogP contribution in [0, 0.1) is 17.8 Å². The van der Waals surface area contributed by atoms with Crippen molar-refractivity contribution in [3.63, 3.8) is 0 Å². The van der Waals surface area contributed by atoms with Gasteiger partial charge < -0.3 is 67.0 Å². The zero-order valence-electron chi connectivity index (χ0n) is 47.8. The fourth-order valence-electron chi connectivity index (χ4n) is 8.04. The molecule has 0 saturated heterocycles. The third-order valence-electron chi connectivity index (χ3n) is 13.0. The van der Waals surface area contributed by atoms with Gasteiger partial charge in [0.2, 0.25) is 5.91 Å². The second kappa shape index (κ2) is 47.2. The van der Waals surface area contributed by atoms with Crippen LogP contribution in [0.5, 0.6) is 0 Å². The lowest BCUT2D eigenvalue weighted by Gasteiger charge is -2.25. The Bertz CT molecular complexity index is 1930. The van der Waals surface area contributed by atoms with Gasteiger partial charge in [-0.3, -0.25) is 19.9 Å². The second-order valence-corrected chi connectivity index (χ2v) is 20.7. The van der Waals surface area contributed by atoms with Crippen LogP contribution in [0.3, 0.4) is 0 Å². The number of hydrogen-bond acceptors (Lipinski definition) is 15. The fraction of sp³-hybridized carbons (Fsp3) is 0.629. The Morgan fingerprint density at radius 2 is 1.00 bits per heavy atom. The third-order valence-corrected chi connectivity index (χ3v) is 13.0. The van der Waals surface area contributed by atoms with E-state index in [4.69, 9.17) is 5.73 Å². The van der Waals surface area contributed by atoms with Gasteiger partial charge in [-0.25, -0.2) is 0 Å². The molecule has 450 valence electrons. The minimum atomic E-state index is -1.16. The van der Waals surface area contributed by atoms with Crippen molar-refractivity contribution in [3.8, 4) is 0 Å². The molecule has 0 heterocycles. The van der Waals surface area contributed by atoms with E-state index in [1.807, 2.05) is 56.4 Å². The normalized spacial score (nSPS) is 19.1. The van der Waals surface area contributed by atoms with Gasteiger partial charge in [-0.05, 0) is 64.2 Å². The minimum Gasteiger partial charge on any atom is -0.393 e. The van der Waals surface area contributed by atoms with E-state index < -0.39 is 79.2 Å². The molecule has 15 N–H and O–H groups in total. The van der Waals surface area contributed by atoms with Gasteiger partial charge in [0.25, 0.3) is 0 Å². The number of aliphatic imine (C=N–C) groups is 1. The number of guanidine groups is 1. The van der Waals surface area contributed by atoms with Crippen LogP contribution < -0.4 is 11.1 Å². The predicted octanol–water partition coefficient (Wildman–Crippen LogP) is 5.85. The van der Waals surface area contributed by atoms with Gasteiger partial charge in [0.05, 0.1) is 73.2 Å². The van der Waals surface area contributed by atoms with Crippen LogP contribution in [0.2, 0.25) is 0 Å². The van der Waals surface area contributed by atoms with Crippen LogP contribution in [0.15, 0.2) is 127 Å². The number of rotatable bonds is 45. The van der Waals surface area contributed by atoms with E-state index in [9.17, 15) is 70.9 Å². The molecule has 0 bridgehead atoms. The summed E-state index contributed by atoms with van der Waals surface area (Å²) in [5.41, 5.74) is 5.74. The van der Waals surface area contributed by atoms with E-state index in [2.05, 4.69) is 30.2 Å². The highest BCUT2D eigenvalue weighted by atomic mass is 16.3. The maximum Gasteiger partial charge on any atom is 0.226 e. The quantitative estimate of drug-likeness (QED) is 0.0112. The van der Waals surface area contributed by atoms with E-state index in [0.29, 0.717) is 25.8 Å². The summed E-state index contributed by atoms with van der Waals surface area (Å²) in [6, 6.07) is 0. The second-order valence-electron chi connectivity index (χ2n) is 20.7. The molecule has 15 atom stereocenters. The SMILES string of the molecule is CCCC=CC(C)C(O)C(C)C(O)C=CC=CC=CC=CC=CC=CCC(O)C(C)C(=O)CC(O)CC(O)C=CCC(O)CC(O)CC(O)C=CCC(O)CC(O)C=CCC(O)CC(O)CCCN=C(N)NC(=O)CCCCC. The van der Waals surface area contributed by atoms with Crippen molar-refractivity contribution < 1.29 is 70.9 Å². The van der Waals surface area contributed by atoms with Gasteiger partial charge in [0, 0.05) is 56.4 Å². The number of hydrogen-bond donors (Lipinski definition) is 14. The monoisotopic (exact) mass is 1110 g/mol. The number of amides is 1. The molecule has 15 unspecified atom stereocenters. The van der Waals surface area contributed by atoms with Crippen molar-refractivity contribution in [1.82, 2.24) is 5.32 Å². The lowest BCUT2D eigenvalue weighted by molar-refractivity contribution is -0.127. The van der Waals surface area contributed by atoms with E-state index in [1.165, 1.54) is 30.4 Å². The number of carbonyl (C=O) groups excluding carboxylic acids is 2. The Hall–Kier alpha value is -4.47. The molecule has 0 aromatic heterocycles. The molecule has 0 aliphatic heterocycles. The average molecular weight is 1110 g/mol. The first-order valence-electron chi connectivity index (χ1n) is 28.6. The zero-order valence-corrected chi connectivity index (χ0v) is 47.8.